The van der Waals surface area contributed by atoms with Gasteiger partial charge in [-0.15, -0.1) is 0 Å². The zero-order chi connectivity index (χ0) is 13.5. The second kappa shape index (κ2) is 4.58. The monoisotopic (exact) mass is 247 g/mol. The van der Waals surface area contributed by atoms with Crippen LogP contribution in [0.1, 0.15) is 50.3 Å². The Morgan fingerprint density at radius 3 is 2.22 bits per heavy atom. The maximum atomic E-state index is 6.20. The SMILES string of the molecule is Cc1ccc(C2(C(C)N)CC2)c(OC(C)C)c1C. The Hall–Kier alpha value is -1.02. The largest absolute Gasteiger partial charge is 0.490 e. The average molecular weight is 247 g/mol. The molecule has 2 N–H and O–H groups in total. The van der Waals surface area contributed by atoms with Crippen LogP contribution in [-0.4, -0.2) is 12.1 Å². The van der Waals surface area contributed by atoms with Crippen LogP contribution >= 0.6 is 0 Å². The van der Waals surface area contributed by atoms with E-state index < -0.39 is 0 Å². The van der Waals surface area contributed by atoms with Crippen LogP contribution in [0.5, 0.6) is 5.75 Å². The Bertz CT molecular complexity index is 445. The molecule has 2 nitrogen and oxygen atoms in total. The number of aryl methyl sites for hydroxylation is 1. The first-order valence-electron chi connectivity index (χ1n) is 6.91. The van der Waals surface area contributed by atoms with Crippen molar-refractivity contribution in [2.75, 3.05) is 0 Å². The van der Waals surface area contributed by atoms with Crippen molar-refractivity contribution < 1.29 is 4.74 Å². The summed E-state index contributed by atoms with van der Waals surface area (Å²) in [5.41, 5.74) is 10.2. The zero-order valence-corrected chi connectivity index (χ0v) is 12.2. The van der Waals surface area contributed by atoms with Crippen LogP contribution < -0.4 is 10.5 Å². The summed E-state index contributed by atoms with van der Waals surface area (Å²) in [7, 11) is 0. The Balaban J connectivity index is 2.50. The fourth-order valence-corrected chi connectivity index (χ4v) is 2.67. The van der Waals surface area contributed by atoms with Gasteiger partial charge in [0.25, 0.3) is 0 Å². The summed E-state index contributed by atoms with van der Waals surface area (Å²) in [5.74, 6) is 1.07. The van der Waals surface area contributed by atoms with Crippen LogP contribution in [-0.2, 0) is 5.41 Å². The van der Waals surface area contributed by atoms with Gasteiger partial charge in [0.1, 0.15) is 5.75 Å². The molecule has 1 saturated carbocycles. The minimum atomic E-state index is 0.155. The minimum Gasteiger partial charge on any atom is -0.490 e. The van der Waals surface area contributed by atoms with E-state index >= 15 is 0 Å². The van der Waals surface area contributed by atoms with E-state index in [0.29, 0.717) is 0 Å². The molecule has 1 aromatic carbocycles. The first-order chi connectivity index (χ1) is 8.38. The van der Waals surface area contributed by atoms with E-state index in [4.69, 9.17) is 10.5 Å². The van der Waals surface area contributed by atoms with Crippen LogP contribution in [0.25, 0.3) is 0 Å². The van der Waals surface area contributed by atoms with Crippen LogP contribution in [0, 0.1) is 13.8 Å². The van der Waals surface area contributed by atoms with Crippen molar-refractivity contribution >= 4 is 0 Å². The summed E-state index contributed by atoms with van der Waals surface area (Å²) < 4.78 is 6.08. The molecule has 100 valence electrons. The molecular formula is C16H25NO. The van der Waals surface area contributed by atoms with Gasteiger partial charge in [-0.2, -0.15) is 0 Å². The third-order valence-electron chi connectivity index (χ3n) is 4.23. The lowest BCUT2D eigenvalue weighted by atomic mass is 9.86. The summed E-state index contributed by atoms with van der Waals surface area (Å²) in [6.45, 7) is 10.6. The molecule has 1 aliphatic carbocycles. The molecule has 0 heterocycles. The van der Waals surface area contributed by atoms with Crippen LogP contribution in [0.4, 0.5) is 0 Å². The van der Waals surface area contributed by atoms with Crippen LogP contribution in [0.15, 0.2) is 12.1 Å². The molecule has 1 atom stereocenters. The molecule has 0 bridgehead atoms. The smallest absolute Gasteiger partial charge is 0.126 e. The van der Waals surface area contributed by atoms with Crippen LogP contribution in [0.3, 0.4) is 0 Å². The molecular weight excluding hydrogens is 222 g/mol. The zero-order valence-electron chi connectivity index (χ0n) is 12.2. The molecule has 0 aromatic heterocycles. The molecule has 2 heteroatoms. The second-order valence-corrected chi connectivity index (χ2v) is 6.00. The van der Waals surface area contributed by atoms with Gasteiger partial charge in [0, 0.05) is 17.0 Å². The number of rotatable bonds is 4. The van der Waals surface area contributed by atoms with Crippen molar-refractivity contribution in [3.63, 3.8) is 0 Å². The van der Waals surface area contributed by atoms with Crippen molar-refractivity contribution in [1.82, 2.24) is 0 Å². The first-order valence-corrected chi connectivity index (χ1v) is 6.91. The van der Waals surface area contributed by atoms with Gasteiger partial charge in [-0.25, -0.2) is 0 Å². The molecule has 0 aliphatic heterocycles. The van der Waals surface area contributed by atoms with Gasteiger partial charge < -0.3 is 10.5 Å². The molecule has 0 saturated heterocycles. The Morgan fingerprint density at radius 2 is 1.78 bits per heavy atom. The quantitative estimate of drug-likeness (QED) is 0.884. The molecule has 0 amide bonds. The van der Waals surface area contributed by atoms with E-state index in [1.54, 1.807) is 0 Å². The number of hydrogen-bond acceptors (Lipinski definition) is 2. The van der Waals surface area contributed by atoms with E-state index in [9.17, 15) is 0 Å². The summed E-state index contributed by atoms with van der Waals surface area (Å²) in [6.07, 6.45) is 2.57. The van der Waals surface area contributed by atoms with Gasteiger partial charge in [-0.1, -0.05) is 12.1 Å². The van der Waals surface area contributed by atoms with E-state index in [0.717, 1.165) is 5.75 Å². The van der Waals surface area contributed by atoms with Crippen LogP contribution in [0.2, 0.25) is 0 Å². The minimum absolute atomic E-state index is 0.155. The van der Waals surface area contributed by atoms with Crippen molar-refractivity contribution in [3.05, 3.63) is 28.8 Å². The van der Waals surface area contributed by atoms with E-state index in [2.05, 4.69) is 46.8 Å². The summed E-state index contributed by atoms with van der Waals surface area (Å²) in [4.78, 5) is 0. The molecule has 1 aromatic rings. The average Bonchev–Trinajstić information content (AvgIpc) is 3.05. The van der Waals surface area contributed by atoms with Crippen molar-refractivity contribution in [2.45, 2.75) is 65.0 Å². The van der Waals surface area contributed by atoms with E-state index in [1.165, 1.54) is 29.5 Å². The van der Waals surface area contributed by atoms with Gasteiger partial charge >= 0.3 is 0 Å². The second-order valence-electron chi connectivity index (χ2n) is 6.00. The Morgan fingerprint density at radius 1 is 1.17 bits per heavy atom. The lowest BCUT2D eigenvalue weighted by molar-refractivity contribution is 0.235. The lowest BCUT2D eigenvalue weighted by Gasteiger charge is -2.26. The highest BCUT2D eigenvalue weighted by Crippen LogP contribution is 2.54. The molecule has 0 spiro atoms. The molecule has 2 rings (SSSR count). The topological polar surface area (TPSA) is 35.2 Å². The maximum Gasteiger partial charge on any atom is 0.126 e. The van der Waals surface area contributed by atoms with E-state index in [1.807, 2.05) is 0 Å². The molecule has 1 aliphatic rings. The van der Waals surface area contributed by atoms with Gasteiger partial charge in [-0.3, -0.25) is 0 Å². The van der Waals surface area contributed by atoms with Gasteiger partial charge in [0.05, 0.1) is 6.10 Å². The van der Waals surface area contributed by atoms with Crippen molar-refractivity contribution in [1.29, 1.82) is 0 Å². The third-order valence-corrected chi connectivity index (χ3v) is 4.23. The summed E-state index contributed by atoms with van der Waals surface area (Å²) >= 11 is 0. The lowest BCUT2D eigenvalue weighted by Crippen LogP contribution is -2.32. The fraction of sp³-hybridized carbons (Fsp3) is 0.625. The molecule has 1 unspecified atom stereocenters. The van der Waals surface area contributed by atoms with E-state index in [-0.39, 0.29) is 17.6 Å². The van der Waals surface area contributed by atoms with Crippen molar-refractivity contribution in [2.24, 2.45) is 5.73 Å². The number of nitrogens with two attached hydrogens (primary N) is 1. The van der Waals surface area contributed by atoms with Gasteiger partial charge in [0.2, 0.25) is 0 Å². The molecule has 18 heavy (non-hydrogen) atoms. The Labute approximate surface area is 111 Å². The maximum absolute atomic E-state index is 6.20. The standard InChI is InChI=1S/C16H25NO/c1-10(2)18-15-12(4)11(3)6-7-14(15)16(8-9-16)13(5)17/h6-7,10,13H,8-9,17H2,1-5H3. The number of ether oxygens (including phenoxy) is 1. The highest BCUT2D eigenvalue weighted by atomic mass is 16.5. The fourth-order valence-electron chi connectivity index (χ4n) is 2.67. The number of hydrogen-bond donors (Lipinski definition) is 1. The predicted molar refractivity (Wildman–Crippen MR) is 76.2 cm³/mol. The normalized spacial score (nSPS) is 18.8. The molecule has 1 fully saturated rings. The highest BCUT2D eigenvalue weighted by Gasteiger charge is 2.49. The Kier molecular flexibility index (Phi) is 3.41. The van der Waals surface area contributed by atoms with Gasteiger partial charge in [-0.05, 0) is 58.6 Å². The predicted octanol–water partition coefficient (Wildman–Crippen LogP) is 3.47. The van der Waals surface area contributed by atoms with Gasteiger partial charge in [0.15, 0.2) is 0 Å². The third kappa shape index (κ3) is 2.14. The number of benzene rings is 1. The summed E-state index contributed by atoms with van der Waals surface area (Å²) in [6, 6.07) is 4.60. The van der Waals surface area contributed by atoms with Crippen molar-refractivity contribution in [3.8, 4) is 5.75 Å². The summed E-state index contributed by atoms with van der Waals surface area (Å²) in [5, 5.41) is 0. The first kappa shape index (κ1) is 13.4. The molecule has 0 radical (unpaired) electrons. The highest BCUT2D eigenvalue weighted by molar-refractivity contribution is 5.52.